The number of benzene rings is 1. The van der Waals surface area contributed by atoms with Crippen molar-refractivity contribution >= 4 is 44.1 Å². The van der Waals surface area contributed by atoms with Gasteiger partial charge in [-0.25, -0.2) is 4.79 Å². The fourth-order valence-corrected chi connectivity index (χ4v) is 5.02. The van der Waals surface area contributed by atoms with Crippen LogP contribution in [0.4, 0.5) is 5.00 Å². The molecule has 0 saturated heterocycles. The highest BCUT2D eigenvalue weighted by Crippen LogP contribution is 2.40. The topological polar surface area (TPSA) is 64.6 Å². The standard InChI is InChI=1S/C22H26BrNO4S/c1-4-27-22(26)19-15-6-5-7-18(15)29-21(19)24-20(25)14-8-9-17(16(23)12-14)28-11-10-13(2)3/h8-9,12-13H,4-7,10-11H2,1-3H3,(H,24,25). The number of carbonyl (C=O) groups is 2. The predicted molar refractivity (Wildman–Crippen MR) is 119 cm³/mol. The molecule has 3 rings (SSSR count). The Hall–Kier alpha value is -1.86. The molecule has 0 radical (unpaired) electrons. The Morgan fingerprint density at radius 3 is 2.76 bits per heavy atom. The third-order valence-corrected chi connectivity index (χ3v) is 6.60. The van der Waals surface area contributed by atoms with Crippen LogP contribution < -0.4 is 10.1 Å². The third kappa shape index (κ3) is 5.20. The second kappa shape index (κ2) is 9.76. The minimum atomic E-state index is -0.364. The van der Waals surface area contributed by atoms with Gasteiger partial charge >= 0.3 is 5.97 Å². The zero-order valence-electron chi connectivity index (χ0n) is 17.0. The Balaban J connectivity index is 1.75. The number of amides is 1. The number of thiophene rings is 1. The maximum atomic E-state index is 12.8. The van der Waals surface area contributed by atoms with Crippen LogP contribution in [0.15, 0.2) is 22.7 Å². The summed E-state index contributed by atoms with van der Waals surface area (Å²) >= 11 is 4.96. The fourth-order valence-electron chi connectivity index (χ4n) is 3.25. The summed E-state index contributed by atoms with van der Waals surface area (Å²) in [5.41, 5.74) is 2.04. The van der Waals surface area contributed by atoms with Crippen molar-refractivity contribution in [1.82, 2.24) is 0 Å². The molecule has 1 aliphatic carbocycles. The highest BCUT2D eigenvalue weighted by molar-refractivity contribution is 9.10. The number of anilines is 1. The van der Waals surface area contributed by atoms with Gasteiger partial charge in [-0.15, -0.1) is 11.3 Å². The predicted octanol–water partition coefficient (Wildman–Crippen LogP) is 5.85. The van der Waals surface area contributed by atoms with Gasteiger partial charge in [-0.1, -0.05) is 13.8 Å². The number of carbonyl (C=O) groups excluding carboxylic acids is 2. The van der Waals surface area contributed by atoms with Crippen LogP contribution in [0, 0.1) is 5.92 Å². The van der Waals surface area contributed by atoms with E-state index < -0.39 is 0 Å². The lowest BCUT2D eigenvalue weighted by Crippen LogP contribution is -2.15. The van der Waals surface area contributed by atoms with Crippen molar-refractivity contribution < 1.29 is 19.1 Å². The number of esters is 1. The number of ether oxygens (including phenoxy) is 2. The molecule has 0 fully saturated rings. The monoisotopic (exact) mass is 479 g/mol. The molecule has 5 nitrogen and oxygen atoms in total. The largest absolute Gasteiger partial charge is 0.492 e. The number of fused-ring (bicyclic) bond motifs is 1. The van der Waals surface area contributed by atoms with Crippen molar-refractivity contribution in [2.45, 2.75) is 46.5 Å². The SMILES string of the molecule is CCOC(=O)c1c(NC(=O)c2ccc(OCCC(C)C)c(Br)c2)sc2c1CCC2. The molecule has 29 heavy (non-hydrogen) atoms. The van der Waals surface area contributed by atoms with Crippen LogP contribution >= 0.6 is 27.3 Å². The first-order valence-corrected chi connectivity index (χ1v) is 11.6. The molecule has 2 aromatic rings. The van der Waals surface area contributed by atoms with E-state index in [1.807, 2.05) is 0 Å². The molecule has 7 heteroatoms. The van der Waals surface area contributed by atoms with E-state index in [0.717, 1.165) is 35.7 Å². The minimum Gasteiger partial charge on any atom is -0.492 e. The summed E-state index contributed by atoms with van der Waals surface area (Å²) in [7, 11) is 0. The summed E-state index contributed by atoms with van der Waals surface area (Å²) in [6.07, 6.45) is 3.79. The van der Waals surface area contributed by atoms with E-state index in [1.165, 1.54) is 16.2 Å². The van der Waals surface area contributed by atoms with Crippen LogP contribution in [0.5, 0.6) is 5.75 Å². The molecule has 1 aromatic carbocycles. The Kier molecular flexibility index (Phi) is 7.35. The Morgan fingerprint density at radius 1 is 1.28 bits per heavy atom. The van der Waals surface area contributed by atoms with E-state index in [4.69, 9.17) is 9.47 Å². The highest BCUT2D eigenvalue weighted by Gasteiger charge is 2.28. The molecular weight excluding hydrogens is 454 g/mol. The molecule has 156 valence electrons. The Labute approximate surface area is 183 Å². The van der Waals surface area contributed by atoms with Crippen molar-refractivity contribution in [1.29, 1.82) is 0 Å². The van der Waals surface area contributed by atoms with Crippen molar-refractivity contribution in [3.8, 4) is 5.75 Å². The minimum absolute atomic E-state index is 0.259. The third-order valence-electron chi connectivity index (χ3n) is 4.77. The lowest BCUT2D eigenvalue weighted by atomic mass is 10.1. The van der Waals surface area contributed by atoms with Gasteiger partial charge in [0.05, 0.1) is 23.2 Å². The molecular formula is C22H26BrNO4S. The summed E-state index contributed by atoms with van der Waals surface area (Å²) in [5.74, 6) is 0.659. The van der Waals surface area contributed by atoms with Crippen molar-refractivity contribution in [3.63, 3.8) is 0 Å². The van der Waals surface area contributed by atoms with Gasteiger partial charge in [-0.3, -0.25) is 4.79 Å². The van der Waals surface area contributed by atoms with Gasteiger partial charge in [0.2, 0.25) is 0 Å². The van der Waals surface area contributed by atoms with Gasteiger partial charge in [0.1, 0.15) is 10.8 Å². The average Bonchev–Trinajstić information content (AvgIpc) is 3.23. The zero-order valence-corrected chi connectivity index (χ0v) is 19.4. The van der Waals surface area contributed by atoms with Gasteiger partial charge < -0.3 is 14.8 Å². The normalized spacial score (nSPS) is 12.7. The van der Waals surface area contributed by atoms with Crippen molar-refractivity contribution in [2.75, 3.05) is 18.5 Å². The maximum Gasteiger partial charge on any atom is 0.341 e. The average molecular weight is 480 g/mol. The number of hydrogen-bond acceptors (Lipinski definition) is 5. The summed E-state index contributed by atoms with van der Waals surface area (Å²) in [5, 5.41) is 3.49. The molecule has 0 bridgehead atoms. The van der Waals surface area contributed by atoms with Gasteiger partial charge in [-0.2, -0.15) is 0 Å². The van der Waals surface area contributed by atoms with E-state index in [2.05, 4.69) is 35.1 Å². The lowest BCUT2D eigenvalue weighted by Gasteiger charge is -2.11. The van der Waals surface area contributed by atoms with E-state index in [-0.39, 0.29) is 11.9 Å². The first kappa shape index (κ1) is 21.8. The van der Waals surface area contributed by atoms with Crippen LogP contribution in [0.1, 0.15) is 64.8 Å². The molecule has 1 N–H and O–H groups in total. The van der Waals surface area contributed by atoms with E-state index in [1.54, 1.807) is 25.1 Å². The molecule has 0 spiro atoms. The second-order valence-electron chi connectivity index (χ2n) is 7.41. The molecule has 0 atom stereocenters. The van der Waals surface area contributed by atoms with Crippen molar-refractivity contribution in [3.05, 3.63) is 44.2 Å². The highest BCUT2D eigenvalue weighted by atomic mass is 79.9. The molecule has 1 amide bonds. The maximum absolute atomic E-state index is 12.8. The Morgan fingerprint density at radius 2 is 2.07 bits per heavy atom. The number of hydrogen-bond donors (Lipinski definition) is 1. The van der Waals surface area contributed by atoms with Crippen LogP contribution in [-0.2, 0) is 17.6 Å². The Bertz CT molecular complexity index is 906. The quantitative estimate of drug-likeness (QED) is 0.482. The van der Waals surface area contributed by atoms with Crippen molar-refractivity contribution in [2.24, 2.45) is 5.92 Å². The van der Waals surface area contributed by atoms with Gasteiger partial charge in [0.25, 0.3) is 5.91 Å². The van der Waals surface area contributed by atoms with Gasteiger partial charge in [-0.05, 0) is 78.2 Å². The molecule has 0 saturated carbocycles. The first-order valence-electron chi connectivity index (χ1n) is 9.96. The molecule has 1 aromatic heterocycles. The zero-order chi connectivity index (χ0) is 21.0. The molecule has 0 aliphatic heterocycles. The summed E-state index contributed by atoms with van der Waals surface area (Å²) in [4.78, 5) is 26.4. The number of aryl methyl sites for hydroxylation is 1. The number of nitrogens with one attached hydrogen (secondary N) is 1. The summed E-state index contributed by atoms with van der Waals surface area (Å²) < 4.78 is 11.7. The van der Waals surface area contributed by atoms with Crippen LogP contribution in [-0.4, -0.2) is 25.1 Å². The van der Waals surface area contributed by atoms with Gasteiger partial charge in [0, 0.05) is 10.4 Å². The smallest absolute Gasteiger partial charge is 0.341 e. The fraction of sp³-hybridized carbons (Fsp3) is 0.455. The van der Waals surface area contributed by atoms with Crippen LogP contribution in [0.3, 0.4) is 0 Å². The second-order valence-corrected chi connectivity index (χ2v) is 9.37. The molecule has 1 heterocycles. The molecule has 0 unspecified atom stereocenters. The number of halogens is 1. The summed E-state index contributed by atoms with van der Waals surface area (Å²) in [6, 6.07) is 5.27. The van der Waals surface area contributed by atoms with Crippen LogP contribution in [0.25, 0.3) is 0 Å². The lowest BCUT2D eigenvalue weighted by molar-refractivity contribution is 0.0527. The first-order chi connectivity index (χ1) is 13.9. The molecule has 1 aliphatic rings. The van der Waals surface area contributed by atoms with E-state index in [9.17, 15) is 9.59 Å². The number of rotatable bonds is 8. The van der Waals surface area contributed by atoms with Crippen LogP contribution in [0.2, 0.25) is 0 Å². The van der Waals surface area contributed by atoms with Gasteiger partial charge in [0.15, 0.2) is 0 Å². The van der Waals surface area contributed by atoms with E-state index >= 15 is 0 Å². The summed E-state index contributed by atoms with van der Waals surface area (Å²) in [6.45, 7) is 7.02. The van der Waals surface area contributed by atoms with E-state index in [0.29, 0.717) is 41.0 Å².